The summed E-state index contributed by atoms with van der Waals surface area (Å²) in [6.45, 7) is 8.13. The van der Waals surface area contributed by atoms with Crippen LogP contribution in [-0.2, 0) is 0 Å². The molecule has 2 aliphatic rings. The van der Waals surface area contributed by atoms with Crippen LogP contribution in [0.4, 0.5) is 0 Å². The van der Waals surface area contributed by atoms with Gasteiger partial charge in [-0.15, -0.1) is 0 Å². The van der Waals surface area contributed by atoms with Gasteiger partial charge in [0, 0.05) is 49.4 Å². The standard InChI is InChI=1S/C26H35N3O2/c1-19-18-29(20(2)17-27(19)3)25(23-9-5-6-10-24(23)30)21-11-13-22(14-12-21)26(31)28-15-7-4-8-16-28/h5-6,9-14,19-20,25,30H,4,7-8,15-18H2,1-3H3/t19-,20-,25-/m1/s1. The number of aromatic hydroxyl groups is 1. The Balaban J connectivity index is 1.65. The van der Waals surface area contributed by atoms with Crippen molar-refractivity contribution in [1.82, 2.24) is 14.7 Å². The van der Waals surface area contributed by atoms with E-state index in [2.05, 4.69) is 42.8 Å². The maximum absolute atomic E-state index is 12.9. The number of nitrogens with zero attached hydrogens (tertiary/aromatic N) is 3. The van der Waals surface area contributed by atoms with Crippen molar-refractivity contribution < 1.29 is 9.90 Å². The van der Waals surface area contributed by atoms with Gasteiger partial charge in [0.1, 0.15) is 5.75 Å². The number of rotatable bonds is 4. The number of likely N-dealkylation sites (N-methyl/N-ethyl adjacent to an activating group) is 1. The number of likely N-dealkylation sites (tertiary alicyclic amines) is 1. The number of phenols is 1. The summed E-state index contributed by atoms with van der Waals surface area (Å²) >= 11 is 0. The predicted octanol–water partition coefficient (Wildman–Crippen LogP) is 4.13. The second-order valence-electron chi connectivity index (χ2n) is 9.27. The molecule has 0 aromatic heterocycles. The van der Waals surface area contributed by atoms with Gasteiger partial charge in [0.05, 0.1) is 6.04 Å². The maximum Gasteiger partial charge on any atom is 0.253 e. The van der Waals surface area contributed by atoms with Crippen LogP contribution in [0.2, 0.25) is 0 Å². The van der Waals surface area contributed by atoms with E-state index in [4.69, 9.17) is 0 Å². The lowest BCUT2D eigenvalue weighted by atomic mass is 9.92. The van der Waals surface area contributed by atoms with Crippen molar-refractivity contribution in [3.8, 4) is 5.75 Å². The Hall–Kier alpha value is -2.37. The molecule has 0 aliphatic carbocycles. The van der Waals surface area contributed by atoms with E-state index in [1.807, 2.05) is 35.2 Å². The number of phenolic OH excluding ortho intramolecular Hbond substituents is 1. The van der Waals surface area contributed by atoms with E-state index < -0.39 is 0 Å². The summed E-state index contributed by atoms with van der Waals surface area (Å²) in [6.07, 6.45) is 3.41. The van der Waals surface area contributed by atoms with Crippen LogP contribution in [-0.4, -0.2) is 71.0 Å². The summed E-state index contributed by atoms with van der Waals surface area (Å²) in [5.41, 5.74) is 2.78. The third-order valence-corrected chi connectivity index (χ3v) is 7.03. The molecule has 2 aromatic rings. The third kappa shape index (κ3) is 4.63. The number of benzene rings is 2. The first-order valence-electron chi connectivity index (χ1n) is 11.6. The summed E-state index contributed by atoms with van der Waals surface area (Å²) in [6, 6.07) is 16.4. The summed E-state index contributed by atoms with van der Waals surface area (Å²) in [5, 5.41) is 10.7. The molecule has 5 nitrogen and oxygen atoms in total. The minimum atomic E-state index is -0.0495. The molecule has 1 N–H and O–H groups in total. The van der Waals surface area contributed by atoms with Crippen LogP contribution < -0.4 is 0 Å². The van der Waals surface area contributed by atoms with Gasteiger partial charge < -0.3 is 14.9 Å². The molecule has 2 saturated heterocycles. The van der Waals surface area contributed by atoms with E-state index in [0.29, 0.717) is 17.8 Å². The van der Waals surface area contributed by atoms with Crippen LogP contribution in [0.25, 0.3) is 0 Å². The van der Waals surface area contributed by atoms with Crippen LogP contribution in [0, 0.1) is 0 Å². The highest BCUT2D eigenvalue weighted by Gasteiger charge is 2.34. The van der Waals surface area contributed by atoms with Gasteiger partial charge in [0.2, 0.25) is 0 Å². The lowest BCUT2D eigenvalue weighted by Gasteiger charge is -2.46. The Morgan fingerprint density at radius 1 is 0.935 bits per heavy atom. The van der Waals surface area contributed by atoms with E-state index in [-0.39, 0.29) is 11.9 Å². The Bertz CT molecular complexity index is 892. The number of amides is 1. The lowest BCUT2D eigenvalue weighted by molar-refractivity contribution is 0.0384. The van der Waals surface area contributed by atoms with Gasteiger partial charge in [0.25, 0.3) is 5.91 Å². The first-order valence-corrected chi connectivity index (χ1v) is 11.6. The first kappa shape index (κ1) is 21.8. The quantitative estimate of drug-likeness (QED) is 0.806. The zero-order valence-corrected chi connectivity index (χ0v) is 19.0. The Kier molecular flexibility index (Phi) is 6.63. The molecule has 4 rings (SSSR count). The summed E-state index contributed by atoms with van der Waals surface area (Å²) < 4.78 is 0. The number of hydrogen-bond acceptors (Lipinski definition) is 4. The van der Waals surface area contributed by atoms with Crippen molar-refractivity contribution >= 4 is 5.91 Å². The predicted molar refractivity (Wildman–Crippen MR) is 124 cm³/mol. The molecule has 1 amide bonds. The average Bonchev–Trinajstić information content (AvgIpc) is 2.79. The number of hydrogen-bond donors (Lipinski definition) is 1. The summed E-state index contributed by atoms with van der Waals surface area (Å²) in [4.78, 5) is 19.8. The molecule has 2 aromatic carbocycles. The zero-order chi connectivity index (χ0) is 22.0. The van der Waals surface area contributed by atoms with Crippen molar-refractivity contribution in [2.45, 2.75) is 51.2 Å². The minimum Gasteiger partial charge on any atom is -0.508 e. The van der Waals surface area contributed by atoms with Gasteiger partial charge in [0.15, 0.2) is 0 Å². The molecule has 166 valence electrons. The fraction of sp³-hybridized carbons (Fsp3) is 0.500. The van der Waals surface area contributed by atoms with Gasteiger partial charge in [-0.2, -0.15) is 0 Å². The van der Waals surface area contributed by atoms with Gasteiger partial charge in [-0.1, -0.05) is 30.3 Å². The fourth-order valence-electron chi connectivity index (χ4n) is 5.04. The normalized spacial score (nSPS) is 24.2. The highest BCUT2D eigenvalue weighted by atomic mass is 16.3. The van der Waals surface area contributed by atoms with Crippen molar-refractivity contribution in [1.29, 1.82) is 0 Å². The molecule has 0 saturated carbocycles. The van der Waals surface area contributed by atoms with E-state index in [1.54, 1.807) is 6.07 Å². The lowest BCUT2D eigenvalue weighted by Crippen LogP contribution is -2.55. The largest absolute Gasteiger partial charge is 0.508 e. The highest BCUT2D eigenvalue weighted by molar-refractivity contribution is 5.94. The van der Waals surface area contributed by atoms with Gasteiger partial charge >= 0.3 is 0 Å². The van der Waals surface area contributed by atoms with Crippen molar-refractivity contribution in [3.05, 3.63) is 65.2 Å². The first-order chi connectivity index (χ1) is 15.0. The second-order valence-corrected chi connectivity index (χ2v) is 9.27. The molecule has 2 aliphatic heterocycles. The molecule has 0 bridgehead atoms. The Morgan fingerprint density at radius 3 is 2.29 bits per heavy atom. The monoisotopic (exact) mass is 421 g/mol. The zero-order valence-electron chi connectivity index (χ0n) is 19.0. The fourth-order valence-corrected chi connectivity index (χ4v) is 5.04. The molecule has 0 radical (unpaired) electrons. The molecule has 0 spiro atoms. The van der Waals surface area contributed by atoms with E-state index in [9.17, 15) is 9.90 Å². The maximum atomic E-state index is 12.9. The molecular weight excluding hydrogens is 386 g/mol. The van der Waals surface area contributed by atoms with Gasteiger partial charge in [-0.05, 0) is 63.9 Å². The topological polar surface area (TPSA) is 47.0 Å². The van der Waals surface area contributed by atoms with Crippen molar-refractivity contribution in [2.24, 2.45) is 0 Å². The molecule has 2 fully saturated rings. The van der Waals surface area contributed by atoms with Crippen molar-refractivity contribution in [2.75, 3.05) is 33.2 Å². The Morgan fingerprint density at radius 2 is 1.61 bits per heavy atom. The number of carbonyl (C=O) groups excluding carboxylic acids is 1. The van der Waals surface area contributed by atoms with Gasteiger partial charge in [-0.3, -0.25) is 9.69 Å². The number of para-hydroxylation sites is 1. The van der Waals surface area contributed by atoms with E-state index in [0.717, 1.165) is 55.7 Å². The SMILES string of the molecule is C[C@@H]1CN([C@H](c2ccc(C(=O)N3CCCCC3)cc2)c2ccccc2O)[C@H](C)CN1C. The average molecular weight is 422 g/mol. The third-order valence-electron chi connectivity index (χ3n) is 7.03. The molecule has 0 unspecified atom stereocenters. The Labute approximate surface area is 186 Å². The van der Waals surface area contributed by atoms with Crippen molar-refractivity contribution in [3.63, 3.8) is 0 Å². The van der Waals surface area contributed by atoms with Crippen LogP contribution in [0.5, 0.6) is 5.75 Å². The number of carbonyl (C=O) groups is 1. The molecule has 3 atom stereocenters. The summed E-state index contributed by atoms with van der Waals surface area (Å²) in [7, 11) is 2.18. The van der Waals surface area contributed by atoms with Crippen LogP contribution in [0.3, 0.4) is 0 Å². The molecule has 5 heteroatoms. The van der Waals surface area contributed by atoms with Gasteiger partial charge in [-0.25, -0.2) is 0 Å². The molecular formula is C26H35N3O2. The van der Waals surface area contributed by atoms with E-state index in [1.165, 1.54) is 6.42 Å². The number of piperidine rings is 1. The highest BCUT2D eigenvalue weighted by Crippen LogP contribution is 2.37. The molecule has 31 heavy (non-hydrogen) atoms. The van der Waals surface area contributed by atoms with E-state index >= 15 is 0 Å². The summed E-state index contributed by atoms with van der Waals surface area (Å²) in [5.74, 6) is 0.451. The number of piperazine rings is 1. The smallest absolute Gasteiger partial charge is 0.253 e. The van der Waals surface area contributed by atoms with Crippen LogP contribution >= 0.6 is 0 Å². The second kappa shape index (κ2) is 9.41. The van der Waals surface area contributed by atoms with Crippen LogP contribution in [0.1, 0.15) is 60.6 Å². The molecule has 2 heterocycles. The van der Waals surface area contributed by atoms with Crippen LogP contribution in [0.15, 0.2) is 48.5 Å². The minimum absolute atomic E-state index is 0.0495.